The minimum atomic E-state index is 0.284. The van der Waals surface area contributed by atoms with Crippen molar-refractivity contribution in [2.24, 2.45) is 5.92 Å². The fourth-order valence-electron chi connectivity index (χ4n) is 3.54. The molecule has 2 aliphatic heterocycles. The Kier molecular flexibility index (Phi) is 4.69. The molecule has 2 aliphatic rings. The van der Waals surface area contributed by atoms with E-state index in [1.54, 1.807) is 12.4 Å². The van der Waals surface area contributed by atoms with Crippen LogP contribution in [0.2, 0.25) is 0 Å². The summed E-state index contributed by atoms with van der Waals surface area (Å²) >= 11 is 0. The molecule has 0 radical (unpaired) electrons. The smallest absolute Gasteiger partial charge is 0.222 e. The molecule has 2 fully saturated rings. The quantitative estimate of drug-likeness (QED) is 0.874. The maximum absolute atomic E-state index is 12.5. The van der Waals surface area contributed by atoms with E-state index in [9.17, 15) is 4.79 Å². The fourth-order valence-corrected chi connectivity index (χ4v) is 3.54. The molecular weight excluding hydrogens is 278 g/mol. The molecule has 1 aromatic heterocycles. The van der Waals surface area contributed by atoms with E-state index >= 15 is 0 Å². The van der Waals surface area contributed by atoms with E-state index < -0.39 is 0 Å². The third kappa shape index (κ3) is 3.28. The zero-order chi connectivity index (χ0) is 15.5. The van der Waals surface area contributed by atoms with Gasteiger partial charge in [-0.05, 0) is 26.7 Å². The van der Waals surface area contributed by atoms with E-state index in [0.29, 0.717) is 30.3 Å². The number of hydrogen-bond donors (Lipinski definition) is 2. The number of hydrogen-bond acceptors (Lipinski definition) is 5. The molecule has 2 N–H and O–H groups in total. The van der Waals surface area contributed by atoms with E-state index in [1.165, 1.54) is 0 Å². The molecule has 3 rings (SSSR count). The summed E-state index contributed by atoms with van der Waals surface area (Å²) in [6.07, 6.45) is 7.89. The van der Waals surface area contributed by atoms with Crippen LogP contribution in [0.4, 0.5) is 0 Å². The molecule has 120 valence electrons. The van der Waals surface area contributed by atoms with E-state index in [1.807, 2.05) is 11.1 Å². The van der Waals surface area contributed by atoms with Crippen LogP contribution in [0.1, 0.15) is 44.7 Å². The van der Waals surface area contributed by atoms with E-state index in [0.717, 1.165) is 31.6 Å². The standard InChI is InChI=1S/C16H25N5O/c1-11-14(12(2)20-19-11)9-16(22)21-7-3-13(4-8-21)15-10-17-5-6-18-15/h5-6,10-14,19-20H,3-4,7-9H2,1-2H3. The Labute approximate surface area is 131 Å². The first-order valence-corrected chi connectivity index (χ1v) is 8.20. The summed E-state index contributed by atoms with van der Waals surface area (Å²) < 4.78 is 0. The highest BCUT2D eigenvalue weighted by atomic mass is 16.2. The summed E-state index contributed by atoms with van der Waals surface area (Å²) in [6, 6.07) is 0.687. The summed E-state index contributed by atoms with van der Waals surface area (Å²) in [4.78, 5) is 23.1. The second-order valence-electron chi connectivity index (χ2n) is 6.52. The van der Waals surface area contributed by atoms with Crippen molar-refractivity contribution < 1.29 is 4.79 Å². The Morgan fingerprint density at radius 3 is 2.50 bits per heavy atom. The molecule has 0 aliphatic carbocycles. The van der Waals surface area contributed by atoms with Crippen molar-refractivity contribution in [2.45, 2.75) is 51.1 Å². The van der Waals surface area contributed by atoms with Crippen molar-refractivity contribution in [3.63, 3.8) is 0 Å². The van der Waals surface area contributed by atoms with Gasteiger partial charge in [-0.25, -0.2) is 0 Å². The number of carbonyl (C=O) groups excluding carboxylic acids is 1. The van der Waals surface area contributed by atoms with E-state index in [2.05, 4.69) is 34.7 Å². The minimum Gasteiger partial charge on any atom is -0.343 e. The van der Waals surface area contributed by atoms with Crippen molar-refractivity contribution in [1.29, 1.82) is 0 Å². The zero-order valence-corrected chi connectivity index (χ0v) is 13.3. The molecule has 6 nitrogen and oxygen atoms in total. The van der Waals surface area contributed by atoms with Gasteiger partial charge in [-0.15, -0.1) is 0 Å². The summed E-state index contributed by atoms with van der Waals surface area (Å²) in [6.45, 7) is 5.93. The maximum atomic E-state index is 12.5. The lowest BCUT2D eigenvalue weighted by Crippen LogP contribution is -2.40. The van der Waals surface area contributed by atoms with E-state index in [4.69, 9.17) is 0 Å². The zero-order valence-electron chi connectivity index (χ0n) is 13.3. The highest BCUT2D eigenvalue weighted by Gasteiger charge is 2.33. The van der Waals surface area contributed by atoms with Crippen LogP contribution in [-0.2, 0) is 4.79 Å². The molecular formula is C16H25N5O. The molecule has 0 aromatic carbocycles. The van der Waals surface area contributed by atoms with Crippen molar-refractivity contribution in [1.82, 2.24) is 25.7 Å². The largest absolute Gasteiger partial charge is 0.343 e. The Morgan fingerprint density at radius 1 is 1.23 bits per heavy atom. The summed E-state index contributed by atoms with van der Waals surface area (Å²) in [5.74, 6) is 1.09. The summed E-state index contributed by atoms with van der Waals surface area (Å²) in [5.41, 5.74) is 7.50. The third-order valence-corrected chi connectivity index (χ3v) is 5.08. The first kappa shape index (κ1) is 15.4. The van der Waals surface area contributed by atoms with Crippen LogP contribution in [0.25, 0.3) is 0 Å². The number of carbonyl (C=O) groups is 1. The second kappa shape index (κ2) is 6.71. The Bertz CT molecular complexity index is 491. The predicted molar refractivity (Wildman–Crippen MR) is 83.9 cm³/mol. The number of amides is 1. The van der Waals surface area contributed by atoms with Gasteiger partial charge in [0.2, 0.25) is 5.91 Å². The number of hydrazine groups is 1. The Balaban J connectivity index is 1.52. The van der Waals surface area contributed by atoms with E-state index in [-0.39, 0.29) is 5.91 Å². The topological polar surface area (TPSA) is 70.2 Å². The Hall–Kier alpha value is -1.53. The summed E-state index contributed by atoms with van der Waals surface area (Å²) in [7, 11) is 0. The maximum Gasteiger partial charge on any atom is 0.222 e. The molecule has 1 aromatic rings. The lowest BCUT2D eigenvalue weighted by atomic mass is 9.90. The first-order chi connectivity index (χ1) is 10.6. The summed E-state index contributed by atoms with van der Waals surface area (Å²) in [5, 5.41) is 0. The molecule has 0 saturated carbocycles. The average Bonchev–Trinajstić information content (AvgIpc) is 2.88. The SMILES string of the molecule is CC1NNC(C)C1CC(=O)N1CCC(c2cnccn2)CC1. The lowest BCUT2D eigenvalue weighted by Gasteiger charge is -2.33. The lowest BCUT2D eigenvalue weighted by molar-refractivity contribution is -0.133. The first-order valence-electron chi connectivity index (χ1n) is 8.20. The van der Waals surface area contributed by atoms with Crippen LogP contribution in [0.3, 0.4) is 0 Å². The highest BCUT2D eigenvalue weighted by molar-refractivity contribution is 5.76. The van der Waals surface area contributed by atoms with Gasteiger partial charge in [0.1, 0.15) is 0 Å². The molecule has 2 saturated heterocycles. The molecule has 3 heterocycles. The van der Waals surface area contributed by atoms with Crippen molar-refractivity contribution in [3.05, 3.63) is 24.3 Å². The monoisotopic (exact) mass is 303 g/mol. The van der Waals surface area contributed by atoms with Crippen LogP contribution in [0, 0.1) is 5.92 Å². The van der Waals surface area contributed by atoms with Crippen LogP contribution >= 0.6 is 0 Å². The third-order valence-electron chi connectivity index (χ3n) is 5.08. The van der Waals surface area contributed by atoms with Gasteiger partial charge in [0, 0.05) is 62.0 Å². The number of piperidine rings is 1. The molecule has 0 bridgehead atoms. The normalized spacial score (nSPS) is 29.7. The number of rotatable bonds is 3. The fraction of sp³-hybridized carbons (Fsp3) is 0.688. The van der Waals surface area contributed by atoms with Crippen LogP contribution in [-0.4, -0.2) is 45.9 Å². The van der Waals surface area contributed by atoms with Gasteiger partial charge >= 0.3 is 0 Å². The van der Waals surface area contributed by atoms with Crippen molar-refractivity contribution >= 4 is 5.91 Å². The van der Waals surface area contributed by atoms with Gasteiger partial charge in [0.15, 0.2) is 0 Å². The molecule has 0 spiro atoms. The van der Waals surface area contributed by atoms with Crippen LogP contribution in [0.15, 0.2) is 18.6 Å². The van der Waals surface area contributed by atoms with Gasteiger partial charge in [-0.3, -0.25) is 25.6 Å². The molecule has 2 unspecified atom stereocenters. The van der Waals surface area contributed by atoms with Crippen molar-refractivity contribution in [3.8, 4) is 0 Å². The van der Waals surface area contributed by atoms with Gasteiger partial charge in [-0.2, -0.15) is 0 Å². The van der Waals surface area contributed by atoms with Gasteiger partial charge < -0.3 is 4.90 Å². The number of likely N-dealkylation sites (tertiary alicyclic amines) is 1. The molecule has 1 amide bonds. The van der Waals surface area contributed by atoms with Crippen molar-refractivity contribution in [2.75, 3.05) is 13.1 Å². The number of nitrogens with one attached hydrogen (secondary N) is 2. The minimum absolute atomic E-state index is 0.284. The number of aromatic nitrogens is 2. The average molecular weight is 303 g/mol. The predicted octanol–water partition coefficient (Wildman–Crippen LogP) is 1.07. The van der Waals surface area contributed by atoms with Gasteiger partial charge in [0.05, 0.1) is 5.69 Å². The molecule has 22 heavy (non-hydrogen) atoms. The molecule has 2 atom stereocenters. The highest BCUT2D eigenvalue weighted by Crippen LogP contribution is 2.27. The Morgan fingerprint density at radius 2 is 1.91 bits per heavy atom. The van der Waals surface area contributed by atoms with Crippen LogP contribution in [0.5, 0.6) is 0 Å². The second-order valence-corrected chi connectivity index (χ2v) is 6.52. The molecule has 6 heteroatoms. The van der Waals surface area contributed by atoms with Gasteiger partial charge in [-0.1, -0.05) is 0 Å². The number of nitrogens with zero attached hydrogens (tertiary/aromatic N) is 3. The van der Waals surface area contributed by atoms with Gasteiger partial charge in [0.25, 0.3) is 0 Å². The van der Waals surface area contributed by atoms with Crippen LogP contribution < -0.4 is 10.9 Å².